The zero-order valence-electron chi connectivity index (χ0n) is 13.5. The predicted octanol–water partition coefficient (Wildman–Crippen LogP) is 4.08. The fraction of sp³-hybridized carbons (Fsp3) is 0.278. The van der Waals surface area contributed by atoms with Crippen molar-refractivity contribution in [3.63, 3.8) is 0 Å². The summed E-state index contributed by atoms with van der Waals surface area (Å²) in [5.74, 6) is 0.397. The maximum atomic E-state index is 12.8. The van der Waals surface area contributed by atoms with Crippen LogP contribution in [0.1, 0.15) is 24.2 Å². The van der Waals surface area contributed by atoms with E-state index >= 15 is 0 Å². The summed E-state index contributed by atoms with van der Waals surface area (Å²) >= 11 is 5.96. The molecule has 0 spiro atoms. The first-order chi connectivity index (χ1) is 11.5. The van der Waals surface area contributed by atoms with E-state index in [2.05, 4.69) is 5.32 Å². The topological polar surface area (TPSA) is 47.6 Å². The molecule has 0 radical (unpaired) electrons. The average Bonchev–Trinajstić information content (AvgIpc) is 2.54. The lowest BCUT2D eigenvalue weighted by Gasteiger charge is -2.14. The van der Waals surface area contributed by atoms with Gasteiger partial charge in [-0.2, -0.15) is 0 Å². The Labute approximate surface area is 145 Å². The molecule has 0 saturated heterocycles. The highest BCUT2D eigenvalue weighted by molar-refractivity contribution is 6.31. The molecule has 0 saturated carbocycles. The van der Waals surface area contributed by atoms with Crippen molar-refractivity contribution in [3.8, 4) is 11.5 Å². The van der Waals surface area contributed by atoms with Crippen LogP contribution in [0.5, 0.6) is 11.5 Å². The third kappa shape index (κ3) is 5.42. The third-order valence-electron chi connectivity index (χ3n) is 3.02. The van der Waals surface area contributed by atoms with E-state index in [4.69, 9.17) is 21.1 Å². The van der Waals surface area contributed by atoms with E-state index in [9.17, 15) is 9.18 Å². The van der Waals surface area contributed by atoms with Crippen molar-refractivity contribution in [1.29, 1.82) is 0 Å². The number of halogens is 2. The number of ether oxygens (including phenoxy) is 2. The van der Waals surface area contributed by atoms with Crippen LogP contribution in [0, 0.1) is 5.82 Å². The fourth-order valence-corrected chi connectivity index (χ4v) is 2.17. The molecule has 0 heterocycles. The van der Waals surface area contributed by atoms with Gasteiger partial charge in [0.15, 0.2) is 0 Å². The van der Waals surface area contributed by atoms with Gasteiger partial charge >= 0.3 is 0 Å². The van der Waals surface area contributed by atoms with Crippen LogP contribution in [-0.2, 0) is 0 Å². The first-order valence-corrected chi connectivity index (χ1v) is 7.96. The van der Waals surface area contributed by atoms with E-state index < -0.39 is 0 Å². The number of hydrogen-bond acceptors (Lipinski definition) is 3. The summed E-state index contributed by atoms with van der Waals surface area (Å²) in [5.41, 5.74) is 0.373. The first-order valence-electron chi connectivity index (χ1n) is 7.58. The Morgan fingerprint density at radius 1 is 1.21 bits per heavy atom. The highest BCUT2D eigenvalue weighted by Gasteiger charge is 2.14. The molecule has 6 heteroatoms. The Bertz CT molecular complexity index is 689. The Hall–Kier alpha value is -2.27. The molecular formula is C18H19ClFNO3. The Balaban J connectivity index is 1.90. The standard InChI is InChI=1S/C18H19ClFNO3/c1-12(2)24-17-8-3-13(19)11-16(17)18(22)21-9-10-23-15-6-4-14(20)5-7-15/h3-8,11-12H,9-10H2,1-2H3,(H,21,22). The van der Waals surface area contributed by atoms with Crippen molar-refractivity contribution in [1.82, 2.24) is 5.32 Å². The van der Waals surface area contributed by atoms with Gasteiger partial charge in [-0.15, -0.1) is 0 Å². The van der Waals surface area contributed by atoms with Crippen LogP contribution >= 0.6 is 11.6 Å². The van der Waals surface area contributed by atoms with Crippen molar-refractivity contribution in [2.24, 2.45) is 0 Å². The van der Waals surface area contributed by atoms with E-state index in [0.717, 1.165) is 0 Å². The average molecular weight is 352 g/mol. The van der Waals surface area contributed by atoms with Crippen molar-refractivity contribution in [2.75, 3.05) is 13.2 Å². The lowest BCUT2D eigenvalue weighted by atomic mass is 10.2. The molecule has 128 valence electrons. The highest BCUT2D eigenvalue weighted by Crippen LogP contribution is 2.24. The molecule has 1 N–H and O–H groups in total. The fourth-order valence-electron chi connectivity index (χ4n) is 2.00. The normalized spacial score (nSPS) is 10.5. The van der Waals surface area contributed by atoms with Crippen LogP contribution in [0.25, 0.3) is 0 Å². The molecule has 0 bridgehead atoms. The third-order valence-corrected chi connectivity index (χ3v) is 3.25. The summed E-state index contributed by atoms with van der Waals surface area (Å²) in [5, 5.41) is 3.20. The maximum Gasteiger partial charge on any atom is 0.255 e. The second-order valence-corrected chi connectivity index (χ2v) is 5.80. The molecule has 24 heavy (non-hydrogen) atoms. The van der Waals surface area contributed by atoms with Gasteiger partial charge in [-0.1, -0.05) is 11.6 Å². The summed E-state index contributed by atoms with van der Waals surface area (Å²) < 4.78 is 23.8. The van der Waals surface area contributed by atoms with Crippen LogP contribution in [0.3, 0.4) is 0 Å². The van der Waals surface area contributed by atoms with Crippen LogP contribution in [0.15, 0.2) is 42.5 Å². The number of carbonyl (C=O) groups excluding carboxylic acids is 1. The van der Waals surface area contributed by atoms with E-state index in [1.165, 1.54) is 24.3 Å². The van der Waals surface area contributed by atoms with Gasteiger partial charge in [-0.3, -0.25) is 4.79 Å². The molecule has 0 aliphatic carbocycles. The minimum Gasteiger partial charge on any atom is -0.492 e. The molecular weight excluding hydrogens is 333 g/mol. The zero-order chi connectivity index (χ0) is 17.5. The van der Waals surface area contributed by atoms with E-state index in [-0.39, 0.29) is 24.4 Å². The number of carbonyl (C=O) groups is 1. The molecule has 2 aromatic rings. The molecule has 2 rings (SSSR count). The van der Waals surface area contributed by atoms with Crippen LogP contribution in [0.4, 0.5) is 4.39 Å². The number of nitrogens with one attached hydrogen (secondary N) is 1. The van der Waals surface area contributed by atoms with Crippen molar-refractivity contribution in [3.05, 3.63) is 58.9 Å². The minimum atomic E-state index is -0.325. The number of hydrogen-bond donors (Lipinski definition) is 1. The second kappa shape index (κ2) is 8.55. The first kappa shape index (κ1) is 18.1. The molecule has 2 aromatic carbocycles. The van der Waals surface area contributed by atoms with Crippen LogP contribution in [0.2, 0.25) is 5.02 Å². The van der Waals surface area contributed by atoms with Crippen molar-refractivity contribution >= 4 is 17.5 Å². The van der Waals surface area contributed by atoms with Gasteiger partial charge in [0.2, 0.25) is 0 Å². The molecule has 0 aliphatic rings. The van der Waals surface area contributed by atoms with Gasteiger partial charge in [0.25, 0.3) is 5.91 Å². The van der Waals surface area contributed by atoms with Gasteiger partial charge in [-0.25, -0.2) is 4.39 Å². The number of rotatable bonds is 7. The second-order valence-electron chi connectivity index (χ2n) is 5.37. The van der Waals surface area contributed by atoms with E-state index in [0.29, 0.717) is 28.6 Å². The van der Waals surface area contributed by atoms with Crippen molar-refractivity contribution < 1.29 is 18.7 Å². The Morgan fingerprint density at radius 2 is 1.92 bits per heavy atom. The van der Waals surface area contributed by atoms with Gasteiger partial charge in [0.05, 0.1) is 18.2 Å². The highest BCUT2D eigenvalue weighted by atomic mass is 35.5. The lowest BCUT2D eigenvalue weighted by Crippen LogP contribution is -2.28. The minimum absolute atomic E-state index is 0.0560. The van der Waals surface area contributed by atoms with E-state index in [1.54, 1.807) is 18.2 Å². The molecule has 0 fully saturated rings. The van der Waals surface area contributed by atoms with Gasteiger partial charge in [0.1, 0.15) is 23.9 Å². The maximum absolute atomic E-state index is 12.8. The quantitative estimate of drug-likeness (QED) is 0.765. The summed E-state index contributed by atoms with van der Waals surface area (Å²) in [4.78, 5) is 12.3. The molecule has 0 aliphatic heterocycles. The Kier molecular flexibility index (Phi) is 6.44. The number of amides is 1. The van der Waals surface area contributed by atoms with Gasteiger partial charge in [-0.05, 0) is 56.3 Å². The lowest BCUT2D eigenvalue weighted by molar-refractivity contribution is 0.0941. The number of benzene rings is 2. The SMILES string of the molecule is CC(C)Oc1ccc(Cl)cc1C(=O)NCCOc1ccc(F)cc1. The predicted molar refractivity (Wildman–Crippen MR) is 91.4 cm³/mol. The molecule has 0 atom stereocenters. The van der Waals surface area contributed by atoms with Gasteiger partial charge in [0, 0.05) is 5.02 Å². The molecule has 0 unspecified atom stereocenters. The molecule has 4 nitrogen and oxygen atoms in total. The van der Waals surface area contributed by atoms with Crippen LogP contribution < -0.4 is 14.8 Å². The monoisotopic (exact) mass is 351 g/mol. The molecule has 0 aromatic heterocycles. The largest absolute Gasteiger partial charge is 0.492 e. The Morgan fingerprint density at radius 3 is 2.58 bits per heavy atom. The van der Waals surface area contributed by atoms with Crippen molar-refractivity contribution in [2.45, 2.75) is 20.0 Å². The molecule has 1 amide bonds. The van der Waals surface area contributed by atoms with Crippen LogP contribution in [-0.4, -0.2) is 25.2 Å². The summed E-state index contributed by atoms with van der Waals surface area (Å²) in [6.45, 7) is 4.32. The summed E-state index contributed by atoms with van der Waals surface area (Å²) in [6, 6.07) is 10.6. The summed E-state index contributed by atoms with van der Waals surface area (Å²) in [6.07, 6.45) is -0.0560. The van der Waals surface area contributed by atoms with Gasteiger partial charge < -0.3 is 14.8 Å². The zero-order valence-corrected chi connectivity index (χ0v) is 14.3. The summed E-state index contributed by atoms with van der Waals surface area (Å²) in [7, 11) is 0. The smallest absolute Gasteiger partial charge is 0.255 e. The van der Waals surface area contributed by atoms with E-state index in [1.807, 2.05) is 13.8 Å².